The first-order chi connectivity index (χ1) is 8.58. The third-order valence-electron chi connectivity index (χ3n) is 2.25. The summed E-state index contributed by atoms with van der Waals surface area (Å²) in [5.74, 6) is -1.50. The maximum absolute atomic E-state index is 13.0. The van der Waals surface area contributed by atoms with E-state index in [1.807, 2.05) is 0 Å². The van der Waals surface area contributed by atoms with E-state index in [0.717, 1.165) is 12.1 Å². The molecule has 0 unspecified atom stereocenters. The van der Waals surface area contributed by atoms with Gasteiger partial charge in [0, 0.05) is 5.56 Å². The lowest BCUT2D eigenvalue weighted by Crippen LogP contribution is -2.25. The van der Waals surface area contributed by atoms with E-state index in [9.17, 15) is 26.0 Å². The van der Waals surface area contributed by atoms with Crippen LogP contribution in [0, 0.1) is 5.82 Å². The van der Waals surface area contributed by atoms with Crippen LogP contribution in [0.15, 0.2) is 24.8 Å². The van der Waals surface area contributed by atoms with Gasteiger partial charge in [0.05, 0.1) is 0 Å². The van der Waals surface area contributed by atoms with Gasteiger partial charge in [-0.25, -0.2) is 4.39 Å². The third-order valence-corrected chi connectivity index (χ3v) is 3.23. The van der Waals surface area contributed by atoms with Crippen molar-refractivity contribution in [1.29, 1.82) is 0 Å². The van der Waals surface area contributed by atoms with E-state index in [1.165, 1.54) is 6.07 Å². The van der Waals surface area contributed by atoms with Crippen molar-refractivity contribution in [3.63, 3.8) is 0 Å². The molecule has 3 nitrogen and oxygen atoms in total. The topological polar surface area (TPSA) is 43.4 Å². The van der Waals surface area contributed by atoms with Crippen LogP contribution in [0.3, 0.4) is 0 Å². The van der Waals surface area contributed by atoms with Crippen molar-refractivity contribution in [2.45, 2.75) is 18.9 Å². The molecule has 0 aliphatic heterocycles. The number of benzene rings is 1. The summed E-state index contributed by atoms with van der Waals surface area (Å²) in [6.45, 7) is 4.77. The van der Waals surface area contributed by atoms with Gasteiger partial charge in [0.15, 0.2) is 0 Å². The second-order valence-electron chi connectivity index (χ2n) is 3.56. The maximum Gasteiger partial charge on any atom is 0.534 e. The molecule has 0 aliphatic carbocycles. The van der Waals surface area contributed by atoms with Gasteiger partial charge >= 0.3 is 15.6 Å². The van der Waals surface area contributed by atoms with E-state index in [4.69, 9.17) is 0 Å². The number of hydrogen-bond acceptors (Lipinski definition) is 3. The predicted molar refractivity (Wildman–Crippen MR) is 60.9 cm³/mol. The molecule has 19 heavy (non-hydrogen) atoms. The summed E-state index contributed by atoms with van der Waals surface area (Å²) in [6, 6.07) is 3.29. The fourth-order valence-corrected chi connectivity index (χ4v) is 1.79. The average Bonchev–Trinajstić information content (AvgIpc) is 2.26. The van der Waals surface area contributed by atoms with Crippen LogP contribution in [0.1, 0.15) is 18.1 Å². The molecule has 0 saturated heterocycles. The molecule has 1 rings (SSSR count). The van der Waals surface area contributed by atoms with Crippen molar-refractivity contribution in [2.75, 3.05) is 0 Å². The molecule has 0 N–H and O–H groups in total. The molecule has 0 heterocycles. The van der Waals surface area contributed by atoms with Crippen molar-refractivity contribution in [1.82, 2.24) is 0 Å². The average molecular weight is 298 g/mol. The van der Waals surface area contributed by atoms with Gasteiger partial charge in [0.1, 0.15) is 11.6 Å². The molecular formula is C11H10F4O3S. The largest absolute Gasteiger partial charge is 0.534 e. The SMILES string of the molecule is C=C(OS(=O)(=O)C(F)(F)F)c1cc(F)ccc1CC. The van der Waals surface area contributed by atoms with Crippen LogP contribution in [0.25, 0.3) is 5.76 Å². The Balaban J connectivity index is 3.13. The first kappa shape index (κ1) is 15.5. The zero-order chi connectivity index (χ0) is 14.8. The van der Waals surface area contributed by atoms with Gasteiger partial charge in [0.25, 0.3) is 0 Å². The Hall–Kier alpha value is -1.57. The van der Waals surface area contributed by atoms with E-state index in [1.54, 1.807) is 6.92 Å². The van der Waals surface area contributed by atoms with E-state index in [2.05, 4.69) is 10.8 Å². The second-order valence-corrected chi connectivity index (χ2v) is 5.10. The minimum atomic E-state index is -5.80. The number of halogens is 4. The lowest BCUT2D eigenvalue weighted by molar-refractivity contribution is -0.0509. The Labute approximate surface area is 107 Å². The molecule has 1 aromatic rings. The van der Waals surface area contributed by atoms with Crippen molar-refractivity contribution in [3.8, 4) is 0 Å². The van der Waals surface area contributed by atoms with Gasteiger partial charge < -0.3 is 4.18 Å². The minimum Gasteiger partial charge on any atom is -0.376 e. The molecule has 8 heteroatoms. The molecule has 0 saturated carbocycles. The van der Waals surface area contributed by atoms with E-state index in [-0.39, 0.29) is 5.56 Å². The molecule has 106 valence electrons. The first-order valence-electron chi connectivity index (χ1n) is 5.07. The highest BCUT2D eigenvalue weighted by atomic mass is 32.2. The minimum absolute atomic E-state index is 0.115. The standard InChI is InChI=1S/C11H10F4O3S/c1-3-8-4-5-9(12)6-10(8)7(2)18-19(16,17)11(13,14)15/h4-6H,2-3H2,1H3. The van der Waals surface area contributed by atoms with Crippen molar-refractivity contribution in [2.24, 2.45) is 0 Å². The molecule has 0 bridgehead atoms. The van der Waals surface area contributed by atoms with Crippen molar-refractivity contribution >= 4 is 15.9 Å². The maximum atomic E-state index is 13.0. The molecule has 1 aromatic carbocycles. The Kier molecular flexibility index (Phi) is 4.24. The molecule has 0 fully saturated rings. The van der Waals surface area contributed by atoms with Crippen LogP contribution >= 0.6 is 0 Å². The quantitative estimate of drug-likeness (QED) is 0.371. The van der Waals surface area contributed by atoms with Crippen LogP contribution in [0.4, 0.5) is 17.6 Å². The van der Waals surface area contributed by atoms with Crippen molar-refractivity contribution < 1.29 is 30.2 Å². The van der Waals surface area contributed by atoms with Crippen LogP contribution in [0.2, 0.25) is 0 Å². The van der Waals surface area contributed by atoms with Gasteiger partial charge in [-0.15, -0.1) is 0 Å². The van der Waals surface area contributed by atoms with E-state index < -0.39 is 27.2 Å². The lowest BCUT2D eigenvalue weighted by Gasteiger charge is -2.13. The number of hydrogen-bond donors (Lipinski definition) is 0. The Morgan fingerprint density at radius 2 is 1.95 bits per heavy atom. The fourth-order valence-electron chi connectivity index (χ4n) is 1.34. The Morgan fingerprint density at radius 1 is 1.37 bits per heavy atom. The molecule has 0 aliphatic rings. The van der Waals surface area contributed by atoms with Gasteiger partial charge in [-0.05, 0) is 24.1 Å². The summed E-state index contributed by atoms with van der Waals surface area (Å²) in [7, 11) is -5.80. The predicted octanol–water partition coefficient (Wildman–Crippen LogP) is 3.23. The summed E-state index contributed by atoms with van der Waals surface area (Å²) in [5, 5.41) is 0. The summed E-state index contributed by atoms with van der Waals surface area (Å²) in [4.78, 5) is 0. The highest BCUT2D eigenvalue weighted by Gasteiger charge is 2.48. The first-order valence-corrected chi connectivity index (χ1v) is 6.47. The Morgan fingerprint density at radius 3 is 2.42 bits per heavy atom. The lowest BCUT2D eigenvalue weighted by atomic mass is 10.0. The molecular weight excluding hydrogens is 288 g/mol. The van der Waals surface area contributed by atoms with Crippen LogP contribution < -0.4 is 0 Å². The summed E-state index contributed by atoms with van der Waals surface area (Å²) >= 11 is 0. The molecule has 0 aromatic heterocycles. The van der Waals surface area contributed by atoms with Crippen LogP contribution in [0.5, 0.6) is 0 Å². The highest BCUT2D eigenvalue weighted by Crippen LogP contribution is 2.30. The normalized spacial score (nSPS) is 12.3. The molecule has 0 atom stereocenters. The van der Waals surface area contributed by atoms with E-state index >= 15 is 0 Å². The van der Waals surface area contributed by atoms with E-state index in [0.29, 0.717) is 12.0 Å². The third kappa shape index (κ3) is 3.46. The molecule has 0 amide bonds. The summed E-state index contributed by atoms with van der Waals surface area (Å²) in [6.07, 6.45) is 0.351. The highest BCUT2D eigenvalue weighted by molar-refractivity contribution is 7.87. The zero-order valence-electron chi connectivity index (χ0n) is 9.79. The molecule has 0 radical (unpaired) electrons. The van der Waals surface area contributed by atoms with Gasteiger partial charge in [-0.3, -0.25) is 0 Å². The monoisotopic (exact) mass is 298 g/mol. The van der Waals surface area contributed by atoms with Gasteiger partial charge in [0.2, 0.25) is 0 Å². The molecule has 0 spiro atoms. The second kappa shape index (κ2) is 5.20. The Bertz CT molecular complexity index is 590. The number of alkyl halides is 3. The summed E-state index contributed by atoms with van der Waals surface area (Å²) < 4.78 is 75.0. The van der Waals surface area contributed by atoms with Gasteiger partial charge in [-0.2, -0.15) is 21.6 Å². The zero-order valence-corrected chi connectivity index (χ0v) is 10.6. The smallest absolute Gasteiger partial charge is 0.376 e. The fraction of sp³-hybridized carbons (Fsp3) is 0.273. The number of aryl methyl sites for hydroxylation is 1. The van der Waals surface area contributed by atoms with Crippen LogP contribution in [-0.4, -0.2) is 13.9 Å². The van der Waals surface area contributed by atoms with Gasteiger partial charge in [-0.1, -0.05) is 19.6 Å². The summed E-state index contributed by atoms with van der Waals surface area (Å²) in [5.41, 5.74) is -5.26. The van der Waals surface area contributed by atoms with Crippen LogP contribution in [-0.2, 0) is 20.7 Å². The van der Waals surface area contributed by atoms with Crippen molar-refractivity contribution in [3.05, 3.63) is 41.7 Å². The number of rotatable bonds is 4.